The summed E-state index contributed by atoms with van der Waals surface area (Å²) in [5.41, 5.74) is 4.88. The molecule has 37 heavy (non-hydrogen) atoms. The van der Waals surface area contributed by atoms with Gasteiger partial charge >= 0.3 is 0 Å². The van der Waals surface area contributed by atoms with Crippen molar-refractivity contribution in [1.82, 2.24) is 14.8 Å². The molecule has 1 aromatic heterocycles. The van der Waals surface area contributed by atoms with E-state index in [0.717, 1.165) is 44.8 Å². The predicted molar refractivity (Wildman–Crippen MR) is 141 cm³/mol. The third-order valence-corrected chi connectivity index (χ3v) is 7.39. The average molecular weight is 496 g/mol. The Balaban J connectivity index is 1.44. The Morgan fingerprint density at radius 2 is 1.73 bits per heavy atom. The van der Waals surface area contributed by atoms with Crippen LogP contribution < -0.4 is 9.47 Å². The van der Waals surface area contributed by atoms with Gasteiger partial charge < -0.3 is 24.3 Å². The molecule has 3 heterocycles. The van der Waals surface area contributed by atoms with Crippen molar-refractivity contribution in [3.63, 3.8) is 0 Å². The number of hydrogen-bond acceptors (Lipinski definition) is 4. The summed E-state index contributed by atoms with van der Waals surface area (Å²) in [5.74, 6) is 1.37. The van der Waals surface area contributed by atoms with Crippen LogP contribution in [0.15, 0.2) is 72.8 Å². The van der Waals surface area contributed by atoms with Crippen LogP contribution in [-0.4, -0.2) is 52.9 Å². The zero-order valence-electron chi connectivity index (χ0n) is 20.9. The first-order chi connectivity index (χ1) is 18.1. The van der Waals surface area contributed by atoms with Crippen molar-refractivity contribution >= 4 is 22.7 Å². The van der Waals surface area contributed by atoms with Crippen LogP contribution in [0.5, 0.6) is 11.5 Å². The van der Waals surface area contributed by atoms with E-state index in [1.54, 1.807) is 16.9 Å². The number of carbonyl (C=O) groups is 2. The Morgan fingerprint density at radius 1 is 0.973 bits per heavy atom. The summed E-state index contributed by atoms with van der Waals surface area (Å²) in [7, 11) is 1.62. The molecule has 1 fully saturated rings. The van der Waals surface area contributed by atoms with Crippen molar-refractivity contribution in [1.29, 1.82) is 0 Å². The SMILES string of the molecule is CCOc1ccccc1[C@@H]1c2[nH]c3ccccc3c2C[C@H]2C(=O)N(Cc3ccc(OC)cc3)CC(=O)N12. The van der Waals surface area contributed by atoms with E-state index in [9.17, 15) is 9.59 Å². The molecular weight excluding hydrogens is 466 g/mol. The molecule has 2 aliphatic heterocycles. The van der Waals surface area contributed by atoms with Crippen molar-refractivity contribution in [3.05, 3.63) is 95.2 Å². The standard InChI is InChI=1S/C30H29N3O4/c1-3-37-26-11-7-5-9-22(26)29-28-23(21-8-4-6-10-24(21)31-28)16-25-30(35)32(18-27(34)33(25)29)17-19-12-14-20(36-2)15-13-19/h4-15,25,29,31H,3,16-18H2,1-2H3/t25-,29+/m0/s1. The van der Waals surface area contributed by atoms with E-state index in [2.05, 4.69) is 11.1 Å². The number of para-hydroxylation sites is 2. The van der Waals surface area contributed by atoms with E-state index in [1.807, 2.05) is 73.7 Å². The fourth-order valence-corrected chi connectivity index (χ4v) is 5.73. The second-order valence-electron chi connectivity index (χ2n) is 9.50. The van der Waals surface area contributed by atoms with Gasteiger partial charge in [0, 0.05) is 35.1 Å². The molecule has 0 spiro atoms. The van der Waals surface area contributed by atoms with Crippen LogP contribution in [0.4, 0.5) is 0 Å². The minimum atomic E-state index is -0.592. The Kier molecular flexibility index (Phi) is 5.83. The molecule has 4 aromatic rings. The van der Waals surface area contributed by atoms with Gasteiger partial charge in [0.15, 0.2) is 0 Å². The lowest BCUT2D eigenvalue weighted by molar-refractivity contribution is -0.159. The fourth-order valence-electron chi connectivity index (χ4n) is 5.73. The number of amides is 2. The molecule has 1 saturated heterocycles. The number of hydrogen-bond donors (Lipinski definition) is 1. The van der Waals surface area contributed by atoms with Gasteiger partial charge in [0.1, 0.15) is 30.1 Å². The highest BCUT2D eigenvalue weighted by Crippen LogP contribution is 2.45. The van der Waals surface area contributed by atoms with Crippen LogP contribution in [-0.2, 0) is 22.6 Å². The zero-order valence-corrected chi connectivity index (χ0v) is 20.9. The number of methoxy groups -OCH3 is 1. The molecule has 7 nitrogen and oxygen atoms in total. The molecule has 0 aliphatic carbocycles. The summed E-state index contributed by atoms with van der Waals surface area (Å²) < 4.78 is 11.2. The lowest BCUT2D eigenvalue weighted by atomic mass is 9.85. The summed E-state index contributed by atoms with van der Waals surface area (Å²) in [6.07, 6.45) is 0.469. The number of aromatic nitrogens is 1. The number of nitrogens with zero attached hydrogens (tertiary/aromatic N) is 2. The topological polar surface area (TPSA) is 74.9 Å². The second-order valence-corrected chi connectivity index (χ2v) is 9.50. The third kappa shape index (κ3) is 3.91. The van der Waals surface area contributed by atoms with Crippen molar-refractivity contribution < 1.29 is 19.1 Å². The van der Waals surface area contributed by atoms with E-state index in [0.29, 0.717) is 19.6 Å². The number of carbonyl (C=O) groups excluding carboxylic acids is 2. The molecule has 1 N–H and O–H groups in total. The van der Waals surface area contributed by atoms with Gasteiger partial charge in [-0.2, -0.15) is 0 Å². The first kappa shape index (κ1) is 23.2. The highest BCUT2D eigenvalue weighted by atomic mass is 16.5. The number of rotatable bonds is 6. The number of H-pyrrole nitrogens is 1. The summed E-state index contributed by atoms with van der Waals surface area (Å²) in [5, 5.41) is 1.09. The average Bonchev–Trinajstić information content (AvgIpc) is 3.30. The number of piperazine rings is 1. The Bertz CT molecular complexity index is 1480. The summed E-state index contributed by atoms with van der Waals surface area (Å²) in [6.45, 7) is 2.86. The Morgan fingerprint density at radius 3 is 2.51 bits per heavy atom. The van der Waals surface area contributed by atoms with E-state index in [1.165, 1.54) is 0 Å². The quantitative estimate of drug-likeness (QED) is 0.429. The highest BCUT2D eigenvalue weighted by Gasteiger charge is 2.48. The first-order valence-corrected chi connectivity index (χ1v) is 12.6. The molecule has 2 amide bonds. The van der Waals surface area contributed by atoms with Crippen molar-refractivity contribution in [3.8, 4) is 11.5 Å². The van der Waals surface area contributed by atoms with Gasteiger partial charge in [0.2, 0.25) is 11.8 Å². The second kappa shape index (κ2) is 9.32. The molecule has 0 saturated carbocycles. The highest BCUT2D eigenvalue weighted by molar-refractivity contribution is 5.97. The summed E-state index contributed by atoms with van der Waals surface area (Å²) in [6, 6.07) is 22.5. The monoisotopic (exact) mass is 495 g/mol. The summed E-state index contributed by atoms with van der Waals surface area (Å²) >= 11 is 0. The van der Waals surface area contributed by atoms with Gasteiger partial charge in [-0.25, -0.2) is 0 Å². The van der Waals surface area contributed by atoms with Gasteiger partial charge in [-0.3, -0.25) is 9.59 Å². The first-order valence-electron chi connectivity index (χ1n) is 12.6. The molecule has 188 valence electrons. The van der Waals surface area contributed by atoms with E-state index in [-0.39, 0.29) is 18.4 Å². The smallest absolute Gasteiger partial charge is 0.246 e. The maximum absolute atomic E-state index is 14.0. The molecule has 6 rings (SSSR count). The van der Waals surface area contributed by atoms with Crippen LogP contribution in [0.25, 0.3) is 10.9 Å². The fraction of sp³-hybridized carbons (Fsp3) is 0.267. The molecule has 2 atom stereocenters. The lowest BCUT2D eigenvalue weighted by Crippen LogP contribution is -2.62. The van der Waals surface area contributed by atoms with Gasteiger partial charge in [-0.1, -0.05) is 48.5 Å². The maximum Gasteiger partial charge on any atom is 0.246 e. The Labute approximate surface area is 215 Å². The van der Waals surface area contributed by atoms with Crippen LogP contribution in [0.2, 0.25) is 0 Å². The number of fused-ring (bicyclic) bond motifs is 4. The minimum Gasteiger partial charge on any atom is -0.497 e. The van der Waals surface area contributed by atoms with E-state index >= 15 is 0 Å². The third-order valence-electron chi connectivity index (χ3n) is 7.39. The Hall–Kier alpha value is -4.26. The van der Waals surface area contributed by atoms with Crippen LogP contribution in [0.3, 0.4) is 0 Å². The van der Waals surface area contributed by atoms with Crippen LogP contribution >= 0.6 is 0 Å². The maximum atomic E-state index is 14.0. The van der Waals surface area contributed by atoms with E-state index in [4.69, 9.17) is 9.47 Å². The van der Waals surface area contributed by atoms with Crippen LogP contribution in [0.1, 0.15) is 35.3 Å². The minimum absolute atomic E-state index is 0.0320. The van der Waals surface area contributed by atoms with E-state index < -0.39 is 12.1 Å². The van der Waals surface area contributed by atoms with Gasteiger partial charge in [-0.15, -0.1) is 0 Å². The van der Waals surface area contributed by atoms with Crippen molar-refractivity contribution in [2.45, 2.75) is 32.0 Å². The molecule has 0 radical (unpaired) electrons. The largest absolute Gasteiger partial charge is 0.497 e. The van der Waals surface area contributed by atoms with Crippen molar-refractivity contribution in [2.75, 3.05) is 20.3 Å². The van der Waals surface area contributed by atoms with Gasteiger partial charge in [0.05, 0.1) is 13.7 Å². The molecule has 0 unspecified atom stereocenters. The molecule has 7 heteroatoms. The number of benzene rings is 3. The van der Waals surface area contributed by atoms with Gasteiger partial charge in [0.25, 0.3) is 0 Å². The molecular formula is C30H29N3O4. The van der Waals surface area contributed by atoms with Gasteiger partial charge in [-0.05, 0) is 42.3 Å². The molecule has 2 aliphatic rings. The number of aromatic amines is 1. The zero-order chi connectivity index (χ0) is 25.5. The lowest BCUT2D eigenvalue weighted by Gasteiger charge is -2.47. The predicted octanol–water partition coefficient (Wildman–Crippen LogP) is 4.46. The van der Waals surface area contributed by atoms with Crippen molar-refractivity contribution in [2.24, 2.45) is 0 Å². The number of ether oxygens (including phenoxy) is 2. The normalized spacial score (nSPS) is 19.1. The molecule has 0 bridgehead atoms. The molecule has 3 aromatic carbocycles. The number of nitrogens with one attached hydrogen (secondary N) is 1. The summed E-state index contributed by atoms with van der Waals surface area (Å²) in [4.78, 5) is 34.8. The van der Waals surface area contributed by atoms with Crippen LogP contribution in [0, 0.1) is 0 Å².